The van der Waals surface area contributed by atoms with E-state index in [1.54, 1.807) is 6.20 Å². The molecule has 2 aromatic carbocycles. The molecule has 1 N–H and O–H groups in total. The number of benzene rings is 2. The Bertz CT molecular complexity index is 920. The summed E-state index contributed by atoms with van der Waals surface area (Å²) >= 11 is 0. The van der Waals surface area contributed by atoms with Crippen LogP contribution in [-0.2, 0) is 6.54 Å². The molecule has 0 unspecified atom stereocenters. The summed E-state index contributed by atoms with van der Waals surface area (Å²) < 4.78 is 13.1. The van der Waals surface area contributed by atoms with Crippen LogP contribution in [0.5, 0.6) is 0 Å². The van der Waals surface area contributed by atoms with Gasteiger partial charge < -0.3 is 15.1 Å². The Morgan fingerprint density at radius 1 is 0.929 bits per heavy atom. The van der Waals surface area contributed by atoms with Crippen molar-refractivity contribution < 1.29 is 4.39 Å². The molecule has 28 heavy (non-hydrogen) atoms. The topological polar surface area (TPSA) is 44.3 Å². The van der Waals surface area contributed by atoms with Crippen LogP contribution in [0.3, 0.4) is 0 Å². The summed E-state index contributed by atoms with van der Waals surface area (Å²) in [4.78, 5) is 13.6. The number of hydrogen-bond donors (Lipinski definition) is 1. The van der Waals surface area contributed by atoms with Crippen molar-refractivity contribution in [2.75, 3.05) is 41.3 Å². The number of aryl methyl sites for hydroxylation is 1. The summed E-state index contributed by atoms with van der Waals surface area (Å²) in [6.07, 6.45) is 1.80. The van der Waals surface area contributed by atoms with E-state index in [4.69, 9.17) is 0 Å². The molecule has 0 aliphatic carbocycles. The highest BCUT2D eigenvalue weighted by atomic mass is 19.1. The fourth-order valence-electron chi connectivity index (χ4n) is 3.41. The van der Waals surface area contributed by atoms with E-state index in [2.05, 4.69) is 50.2 Å². The van der Waals surface area contributed by atoms with Gasteiger partial charge in [-0.1, -0.05) is 24.3 Å². The summed E-state index contributed by atoms with van der Waals surface area (Å²) in [5.41, 5.74) is 3.58. The van der Waals surface area contributed by atoms with E-state index in [-0.39, 0.29) is 5.82 Å². The SMILES string of the molecule is Cc1ccccc1CNc1ccnc(N2CCN(c3ccc(F)cc3)CC2)n1. The summed E-state index contributed by atoms with van der Waals surface area (Å²) in [5.74, 6) is 1.37. The highest BCUT2D eigenvalue weighted by molar-refractivity contribution is 5.49. The molecule has 0 atom stereocenters. The van der Waals surface area contributed by atoms with Crippen LogP contribution in [0.2, 0.25) is 0 Å². The standard InChI is InChI=1S/C22H24FN5/c1-17-4-2-3-5-18(17)16-25-21-10-11-24-22(26-21)28-14-12-27(13-15-28)20-8-6-19(23)7-9-20/h2-11H,12-16H2,1H3,(H,24,25,26). The zero-order chi connectivity index (χ0) is 19.3. The minimum Gasteiger partial charge on any atom is -0.368 e. The van der Waals surface area contributed by atoms with Crippen LogP contribution in [0.4, 0.5) is 21.8 Å². The van der Waals surface area contributed by atoms with Gasteiger partial charge in [-0.25, -0.2) is 9.37 Å². The van der Waals surface area contributed by atoms with Gasteiger partial charge in [0.05, 0.1) is 0 Å². The molecule has 0 bridgehead atoms. The summed E-state index contributed by atoms with van der Waals surface area (Å²) in [7, 11) is 0. The Morgan fingerprint density at radius 2 is 1.64 bits per heavy atom. The van der Waals surface area contributed by atoms with Gasteiger partial charge in [0, 0.05) is 44.6 Å². The molecule has 1 aromatic heterocycles. The first-order chi connectivity index (χ1) is 13.7. The maximum atomic E-state index is 13.1. The van der Waals surface area contributed by atoms with Gasteiger partial charge >= 0.3 is 0 Å². The Kier molecular flexibility index (Phi) is 5.37. The van der Waals surface area contributed by atoms with Crippen molar-refractivity contribution in [2.24, 2.45) is 0 Å². The van der Waals surface area contributed by atoms with Crippen molar-refractivity contribution >= 4 is 17.5 Å². The largest absolute Gasteiger partial charge is 0.368 e. The lowest BCUT2D eigenvalue weighted by Crippen LogP contribution is -2.47. The van der Waals surface area contributed by atoms with Gasteiger partial charge in [0.1, 0.15) is 11.6 Å². The molecule has 5 nitrogen and oxygen atoms in total. The molecular weight excluding hydrogens is 353 g/mol. The lowest BCUT2D eigenvalue weighted by Gasteiger charge is -2.36. The van der Waals surface area contributed by atoms with E-state index in [0.29, 0.717) is 0 Å². The summed E-state index contributed by atoms with van der Waals surface area (Å²) in [6, 6.07) is 16.9. The minimum absolute atomic E-state index is 0.203. The molecule has 4 rings (SSSR count). The Balaban J connectivity index is 1.37. The lowest BCUT2D eigenvalue weighted by molar-refractivity contribution is 0.623. The monoisotopic (exact) mass is 377 g/mol. The minimum atomic E-state index is -0.203. The first-order valence-electron chi connectivity index (χ1n) is 9.56. The quantitative estimate of drug-likeness (QED) is 0.731. The van der Waals surface area contributed by atoms with Crippen LogP contribution < -0.4 is 15.1 Å². The molecule has 6 heteroatoms. The highest BCUT2D eigenvalue weighted by Gasteiger charge is 2.19. The van der Waals surface area contributed by atoms with Gasteiger partial charge in [-0.2, -0.15) is 4.98 Å². The van der Waals surface area contributed by atoms with Gasteiger partial charge in [-0.3, -0.25) is 0 Å². The van der Waals surface area contributed by atoms with Gasteiger partial charge in [-0.15, -0.1) is 0 Å². The number of rotatable bonds is 5. The molecule has 0 amide bonds. The number of halogens is 1. The van der Waals surface area contributed by atoms with E-state index in [9.17, 15) is 4.39 Å². The molecule has 0 saturated carbocycles. The van der Waals surface area contributed by atoms with Crippen molar-refractivity contribution in [2.45, 2.75) is 13.5 Å². The van der Waals surface area contributed by atoms with Crippen LogP contribution in [-0.4, -0.2) is 36.1 Å². The van der Waals surface area contributed by atoms with E-state index >= 15 is 0 Å². The lowest BCUT2D eigenvalue weighted by atomic mass is 10.1. The van der Waals surface area contributed by atoms with Crippen LogP contribution in [0.25, 0.3) is 0 Å². The van der Waals surface area contributed by atoms with Crippen molar-refractivity contribution in [3.05, 3.63) is 77.7 Å². The van der Waals surface area contributed by atoms with E-state index in [0.717, 1.165) is 50.2 Å². The summed E-state index contributed by atoms with van der Waals surface area (Å²) in [5, 5.41) is 3.40. The number of piperazine rings is 1. The van der Waals surface area contributed by atoms with E-state index < -0.39 is 0 Å². The number of aromatic nitrogens is 2. The fraction of sp³-hybridized carbons (Fsp3) is 0.273. The third-order valence-corrected chi connectivity index (χ3v) is 5.12. The van der Waals surface area contributed by atoms with Crippen molar-refractivity contribution in [3.8, 4) is 0 Å². The van der Waals surface area contributed by atoms with Gasteiger partial charge in [-0.05, 0) is 48.4 Å². The van der Waals surface area contributed by atoms with E-state index in [1.807, 2.05) is 24.3 Å². The third kappa shape index (κ3) is 4.22. The Hall–Kier alpha value is -3.15. The highest BCUT2D eigenvalue weighted by Crippen LogP contribution is 2.20. The van der Waals surface area contributed by atoms with Crippen LogP contribution in [0.1, 0.15) is 11.1 Å². The first kappa shape index (κ1) is 18.2. The van der Waals surface area contributed by atoms with Gasteiger partial charge in [0.25, 0.3) is 0 Å². The smallest absolute Gasteiger partial charge is 0.227 e. The van der Waals surface area contributed by atoms with Crippen LogP contribution in [0, 0.1) is 12.7 Å². The Morgan fingerprint density at radius 3 is 2.39 bits per heavy atom. The molecule has 2 heterocycles. The zero-order valence-electron chi connectivity index (χ0n) is 16.0. The molecule has 1 aliphatic rings. The average molecular weight is 377 g/mol. The van der Waals surface area contributed by atoms with Crippen molar-refractivity contribution in [1.29, 1.82) is 0 Å². The first-order valence-corrected chi connectivity index (χ1v) is 9.56. The predicted molar refractivity (Wildman–Crippen MR) is 111 cm³/mol. The van der Waals surface area contributed by atoms with Crippen LogP contribution >= 0.6 is 0 Å². The second kappa shape index (κ2) is 8.25. The van der Waals surface area contributed by atoms with Crippen molar-refractivity contribution in [3.63, 3.8) is 0 Å². The molecule has 1 saturated heterocycles. The maximum absolute atomic E-state index is 13.1. The fourth-order valence-corrected chi connectivity index (χ4v) is 3.41. The Labute approximate surface area is 164 Å². The molecule has 0 spiro atoms. The molecule has 1 fully saturated rings. The van der Waals surface area contributed by atoms with Crippen molar-refractivity contribution in [1.82, 2.24) is 9.97 Å². The second-order valence-corrected chi connectivity index (χ2v) is 6.97. The number of nitrogens with one attached hydrogen (secondary N) is 1. The van der Waals surface area contributed by atoms with Gasteiger partial charge in [0.2, 0.25) is 5.95 Å². The van der Waals surface area contributed by atoms with Gasteiger partial charge in [0.15, 0.2) is 0 Å². The third-order valence-electron chi connectivity index (χ3n) is 5.12. The second-order valence-electron chi connectivity index (χ2n) is 6.97. The molecular formula is C22H24FN5. The maximum Gasteiger partial charge on any atom is 0.227 e. The predicted octanol–water partition coefficient (Wildman–Crippen LogP) is 3.86. The number of anilines is 3. The van der Waals surface area contributed by atoms with Crippen LogP contribution in [0.15, 0.2) is 60.8 Å². The summed E-state index contributed by atoms with van der Waals surface area (Å²) in [6.45, 7) is 6.23. The normalized spacial score (nSPS) is 14.2. The molecule has 1 aliphatic heterocycles. The molecule has 3 aromatic rings. The number of nitrogens with zero attached hydrogens (tertiary/aromatic N) is 4. The number of hydrogen-bond acceptors (Lipinski definition) is 5. The zero-order valence-corrected chi connectivity index (χ0v) is 16.0. The van der Waals surface area contributed by atoms with E-state index in [1.165, 1.54) is 23.3 Å². The molecule has 0 radical (unpaired) electrons. The molecule has 144 valence electrons. The average Bonchev–Trinajstić information content (AvgIpc) is 2.74.